The number of ether oxygens (including phenoxy) is 3. The van der Waals surface area contributed by atoms with Crippen LogP contribution in [-0.2, 0) is 0 Å². The van der Waals surface area contributed by atoms with Gasteiger partial charge < -0.3 is 19.3 Å². The van der Waals surface area contributed by atoms with Gasteiger partial charge in [0.25, 0.3) is 0 Å². The summed E-state index contributed by atoms with van der Waals surface area (Å²) in [5.41, 5.74) is 1.54. The Morgan fingerprint density at radius 1 is 1.19 bits per heavy atom. The minimum absolute atomic E-state index is 0.205. The molecule has 3 rings (SSSR count). The Hall–Kier alpha value is -1.72. The highest BCUT2D eigenvalue weighted by molar-refractivity contribution is 9.10. The fraction of sp³-hybridized carbons (Fsp3) is 0.250. The fourth-order valence-electron chi connectivity index (χ4n) is 2.25. The number of aliphatic hydroxyl groups is 1. The molecule has 0 aromatic heterocycles. The third kappa shape index (κ3) is 2.84. The van der Waals surface area contributed by atoms with Crippen LogP contribution in [0.2, 0.25) is 0 Å². The summed E-state index contributed by atoms with van der Waals surface area (Å²) in [4.78, 5) is 0. The van der Waals surface area contributed by atoms with E-state index in [9.17, 15) is 5.11 Å². The van der Waals surface area contributed by atoms with E-state index in [0.717, 1.165) is 21.3 Å². The maximum Gasteiger partial charge on any atom is 0.231 e. The van der Waals surface area contributed by atoms with Gasteiger partial charge in [-0.25, -0.2) is 0 Å². The molecule has 2 aromatic rings. The van der Waals surface area contributed by atoms with Crippen LogP contribution in [-0.4, -0.2) is 18.5 Å². The molecule has 110 valence electrons. The quantitative estimate of drug-likeness (QED) is 0.913. The Labute approximate surface area is 131 Å². The molecule has 1 heterocycles. The summed E-state index contributed by atoms with van der Waals surface area (Å²) in [5.74, 6) is 2.11. The van der Waals surface area contributed by atoms with Gasteiger partial charge in [0.2, 0.25) is 6.79 Å². The average Bonchev–Trinajstić information content (AvgIpc) is 2.97. The van der Waals surface area contributed by atoms with E-state index in [1.807, 2.05) is 37.3 Å². The third-order valence-electron chi connectivity index (χ3n) is 3.27. The Kier molecular flexibility index (Phi) is 4.03. The van der Waals surface area contributed by atoms with Crippen LogP contribution in [0.3, 0.4) is 0 Å². The van der Waals surface area contributed by atoms with Gasteiger partial charge in [-0.1, -0.05) is 12.1 Å². The third-order valence-corrected chi connectivity index (χ3v) is 3.86. The number of fused-ring (bicyclic) bond motifs is 1. The van der Waals surface area contributed by atoms with Gasteiger partial charge in [0.15, 0.2) is 11.5 Å². The standard InChI is InChI=1S/C16H15BrO4/c1-2-19-12-5-3-10(4-6-12)15(18)11-7-13(17)16-14(8-11)20-9-21-16/h3-8,15,18H,2,9H2,1H3. The van der Waals surface area contributed by atoms with Gasteiger partial charge in [-0.15, -0.1) is 0 Å². The van der Waals surface area contributed by atoms with Crippen molar-refractivity contribution in [1.82, 2.24) is 0 Å². The second kappa shape index (κ2) is 5.95. The number of rotatable bonds is 4. The highest BCUT2D eigenvalue weighted by Crippen LogP contribution is 2.42. The zero-order valence-corrected chi connectivity index (χ0v) is 13.1. The van der Waals surface area contributed by atoms with Crippen molar-refractivity contribution in [3.05, 3.63) is 52.0 Å². The molecule has 4 nitrogen and oxygen atoms in total. The molecule has 0 bridgehead atoms. The Morgan fingerprint density at radius 2 is 1.95 bits per heavy atom. The monoisotopic (exact) mass is 350 g/mol. The molecule has 0 fully saturated rings. The summed E-state index contributed by atoms with van der Waals surface area (Å²) < 4.78 is 16.9. The van der Waals surface area contributed by atoms with E-state index in [1.165, 1.54) is 0 Å². The predicted octanol–water partition coefficient (Wildman–Crippen LogP) is 3.66. The van der Waals surface area contributed by atoms with Crippen LogP contribution < -0.4 is 14.2 Å². The second-order valence-corrected chi connectivity index (χ2v) is 5.50. The van der Waals surface area contributed by atoms with Crippen LogP contribution in [0.15, 0.2) is 40.9 Å². The second-order valence-electron chi connectivity index (χ2n) is 4.64. The molecular formula is C16H15BrO4. The smallest absolute Gasteiger partial charge is 0.231 e. The van der Waals surface area contributed by atoms with E-state index in [0.29, 0.717) is 18.1 Å². The lowest BCUT2D eigenvalue weighted by Gasteiger charge is -2.13. The van der Waals surface area contributed by atoms with Crippen molar-refractivity contribution in [1.29, 1.82) is 0 Å². The van der Waals surface area contributed by atoms with Gasteiger partial charge >= 0.3 is 0 Å². The molecule has 0 radical (unpaired) electrons. The van der Waals surface area contributed by atoms with E-state index < -0.39 is 6.10 Å². The topological polar surface area (TPSA) is 47.9 Å². The molecular weight excluding hydrogens is 336 g/mol. The zero-order valence-electron chi connectivity index (χ0n) is 11.5. The summed E-state index contributed by atoms with van der Waals surface area (Å²) in [7, 11) is 0. The molecule has 0 spiro atoms. The first-order valence-electron chi connectivity index (χ1n) is 6.69. The molecule has 0 aliphatic carbocycles. The molecule has 0 saturated heterocycles. The average molecular weight is 351 g/mol. The predicted molar refractivity (Wildman–Crippen MR) is 81.9 cm³/mol. The van der Waals surface area contributed by atoms with Gasteiger partial charge in [-0.2, -0.15) is 0 Å². The van der Waals surface area contributed by atoms with Crippen molar-refractivity contribution in [2.45, 2.75) is 13.0 Å². The fourth-order valence-corrected chi connectivity index (χ4v) is 2.82. The Balaban J connectivity index is 1.88. The number of aliphatic hydroxyl groups excluding tert-OH is 1. The van der Waals surface area contributed by atoms with Gasteiger partial charge in [-0.05, 0) is 58.2 Å². The lowest BCUT2D eigenvalue weighted by molar-refractivity contribution is 0.173. The van der Waals surface area contributed by atoms with Crippen LogP contribution in [0.4, 0.5) is 0 Å². The first kappa shape index (κ1) is 14.2. The van der Waals surface area contributed by atoms with Crippen molar-refractivity contribution in [2.75, 3.05) is 13.4 Å². The minimum atomic E-state index is -0.730. The molecule has 1 aliphatic heterocycles. The summed E-state index contributed by atoms with van der Waals surface area (Å²) in [6.45, 7) is 2.76. The maximum atomic E-state index is 10.5. The van der Waals surface area contributed by atoms with Crippen molar-refractivity contribution in [3.63, 3.8) is 0 Å². The van der Waals surface area contributed by atoms with Crippen LogP contribution in [0.1, 0.15) is 24.2 Å². The number of benzene rings is 2. The van der Waals surface area contributed by atoms with Crippen molar-refractivity contribution in [3.8, 4) is 17.2 Å². The van der Waals surface area contributed by atoms with E-state index in [2.05, 4.69) is 15.9 Å². The molecule has 1 unspecified atom stereocenters. The molecule has 1 atom stereocenters. The van der Waals surface area contributed by atoms with Crippen LogP contribution in [0, 0.1) is 0 Å². The number of halogens is 1. The molecule has 1 N–H and O–H groups in total. The highest BCUT2D eigenvalue weighted by atomic mass is 79.9. The Bertz CT molecular complexity index is 639. The lowest BCUT2D eigenvalue weighted by Crippen LogP contribution is -2.00. The first-order valence-corrected chi connectivity index (χ1v) is 7.48. The van der Waals surface area contributed by atoms with Gasteiger partial charge in [0, 0.05) is 0 Å². The van der Waals surface area contributed by atoms with E-state index in [-0.39, 0.29) is 6.79 Å². The van der Waals surface area contributed by atoms with Crippen LogP contribution in [0.5, 0.6) is 17.2 Å². The summed E-state index contributed by atoms with van der Waals surface area (Å²) in [5, 5.41) is 10.5. The summed E-state index contributed by atoms with van der Waals surface area (Å²) in [6.07, 6.45) is -0.730. The van der Waals surface area contributed by atoms with Crippen LogP contribution >= 0.6 is 15.9 Å². The lowest BCUT2D eigenvalue weighted by atomic mass is 10.0. The van der Waals surface area contributed by atoms with Crippen molar-refractivity contribution in [2.24, 2.45) is 0 Å². The number of hydrogen-bond acceptors (Lipinski definition) is 4. The molecule has 21 heavy (non-hydrogen) atoms. The Morgan fingerprint density at radius 3 is 2.67 bits per heavy atom. The summed E-state index contributed by atoms with van der Waals surface area (Å²) in [6, 6.07) is 11.1. The minimum Gasteiger partial charge on any atom is -0.494 e. The van der Waals surface area contributed by atoms with Crippen molar-refractivity contribution >= 4 is 15.9 Å². The maximum absolute atomic E-state index is 10.5. The summed E-state index contributed by atoms with van der Waals surface area (Å²) >= 11 is 3.44. The van der Waals surface area contributed by atoms with Crippen LogP contribution in [0.25, 0.3) is 0 Å². The zero-order chi connectivity index (χ0) is 14.8. The van der Waals surface area contributed by atoms with E-state index in [4.69, 9.17) is 14.2 Å². The van der Waals surface area contributed by atoms with Gasteiger partial charge in [0.1, 0.15) is 11.9 Å². The van der Waals surface area contributed by atoms with Gasteiger partial charge in [0.05, 0.1) is 11.1 Å². The molecule has 0 saturated carbocycles. The van der Waals surface area contributed by atoms with Gasteiger partial charge in [-0.3, -0.25) is 0 Å². The molecule has 5 heteroatoms. The van der Waals surface area contributed by atoms with E-state index in [1.54, 1.807) is 6.07 Å². The first-order chi connectivity index (χ1) is 10.2. The van der Waals surface area contributed by atoms with E-state index >= 15 is 0 Å². The molecule has 0 amide bonds. The molecule has 1 aliphatic rings. The SMILES string of the molecule is CCOc1ccc(C(O)c2cc(Br)c3c(c2)OCO3)cc1. The largest absolute Gasteiger partial charge is 0.494 e. The van der Waals surface area contributed by atoms with Crippen molar-refractivity contribution < 1.29 is 19.3 Å². The molecule has 2 aromatic carbocycles. The highest BCUT2D eigenvalue weighted by Gasteiger charge is 2.21. The normalized spacial score (nSPS) is 14.0. The number of hydrogen-bond donors (Lipinski definition) is 1.